The summed E-state index contributed by atoms with van der Waals surface area (Å²) in [5, 5.41) is 2.23. The summed E-state index contributed by atoms with van der Waals surface area (Å²) in [6.07, 6.45) is 0. The Morgan fingerprint density at radius 2 is 0.846 bits per heavy atom. The highest BCUT2D eigenvalue weighted by atomic mass is 19.3. The van der Waals surface area contributed by atoms with Crippen molar-refractivity contribution in [2.24, 2.45) is 0 Å². The van der Waals surface area contributed by atoms with E-state index in [0.717, 1.165) is 49.7 Å². The minimum atomic E-state index is -3.14. The fourth-order valence-corrected chi connectivity index (χ4v) is 7.49. The molecular weight excluding hydrogens is 647 g/mol. The van der Waals surface area contributed by atoms with Gasteiger partial charge in [-0.3, -0.25) is 0 Å². The Morgan fingerprint density at radius 1 is 0.385 bits per heavy atom. The summed E-state index contributed by atoms with van der Waals surface area (Å²) in [5.74, 6) is -1.69. The molecule has 52 heavy (non-hydrogen) atoms. The number of rotatable bonds is 5. The molecule has 4 nitrogen and oxygen atoms in total. The van der Waals surface area contributed by atoms with Crippen LogP contribution in [-0.4, -0.2) is 19.5 Å². The van der Waals surface area contributed by atoms with E-state index in [0.29, 0.717) is 34.2 Å². The van der Waals surface area contributed by atoms with Gasteiger partial charge in [0.05, 0.1) is 11.0 Å². The standard InChI is InChI=1S/C46H28F2N4/c47-46(48)39-23-20-31(32-22-25-42-38(27-32)35-18-10-11-19-41(35)52(42)34-16-8-3-9-17-34)26-36(39)37-28-33(21-24-40(37)46)45-50-43(29-12-4-1-5-13-29)49-44(51-45)30-14-6-2-7-15-30/h1-28H. The number of aromatic nitrogens is 4. The monoisotopic (exact) mass is 674 g/mol. The minimum absolute atomic E-state index is 0.00393. The van der Waals surface area contributed by atoms with Crippen LogP contribution in [0.3, 0.4) is 0 Å². The van der Waals surface area contributed by atoms with E-state index in [9.17, 15) is 0 Å². The molecule has 10 rings (SSSR count). The second-order valence-electron chi connectivity index (χ2n) is 13.1. The van der Waals surface area contributed by atoms with Gasteiger partial charge in [-0.25, -0.2) is 15.0 Å². The highest BCUT2D eigenvalue weighted by Crippen LogP contribution is 2.52. The number of benzene rings is 7. The molecular formula is C46H28F2N4. The van der Waals surface area contributed by atoms with Crippen molar-refractivity contribution < 1.29 is 8.78 Å². The van der Waals surface area contributed by atoms with Crippen molar-refractivity contribution in [2.75, 3.05) is 0 Å². The van der Waals surface area contributed by atoms with Gasteiger partial charge >= 0.3 is 0 Å². The van der Waals surface area contributed by atoms with Crippen molar-refractivity contribution in [1.82, 2.24) is 19.5 Å². The summed E-state index contributed by atoms with van der Waals surface area (Å²) in [4.78, 5) is 14.5. The SMILES string of the molecule is FC1(F)c2ccc(-c3ccc4c(c3)c3ccccc3n4-c3ccccc3)cc2-c2cc(-c3nc(-c4ccccc4)nc(-c4ccccc4)n3)ccc21. The van der Waals surface area contributed by atoms with E-state index in [-0.39, 0.29) is 11.1 Å². The van der Waals surface area contributed by atoms with E-state index >= 15 is 8.78 Å². The quantitative estimate of drug-likeness (QED) is 0.182. The van der Waals surface area contributed by atoms with Crippen molar-refractivity contribution in [3.05, 3.63) is 181 Å². The van der Waals surface area contributed by atoms with Crippen molar-refractivity contribution in [3.8, 4) is 62.1 Å². The molecule has 0 bridgehead atoms. The Balaban J connectivity index is 1.11. The number of nitrogens with zero attached hydrogens (tertiary/aromatic N) is 4. The predicted molar refractivity (Wildman–Crippen MR) is 204 cm³/mol. The van der Waals surface area contributed by atoms with Crippen LogP contribution in [0.1, 0.15) is 11.1 Å². The van der Waals surface area contributed by atoms with Gasteiger partial charge in [-0.15, -0.1) is 0 Å². The number of alkyl halides is 2. The molecule has 1 aliphatic rings. The summed E-state index contributed by atoms with van der Waals surface area (Å²) < 4.78 is 34.4. The van der Waals surface area contributed by atoms with Crippen molar-refractivity contribution in [1.29, 1.82) is 0 Å². The van der Waals surface area contributed by atoms with E-state index in [1.807, 2.05) is 91.0 Å². The van der Waals surface area contributed by atoms with E-state index in [2.05, 4.69) is 53.1 Å². The van der Waals surface area contributed by atoms with Gasteiger partial charge in [-0.1, -0.05) is 127 Å². The first-order chi connectivity index (χ1) is 25.5. The van der Waals surface area contributed by atoms with E-state index in [4.69, 9.17) is 15.0 Å². The molecule has 1 aliphatic carbocycles. The number of hydrogen-bond acceptors (Lipinski definition) is 3. The average Bonchev–Trinajstić information content (AvgIpc) is 3.66. The predicted octanol–water partition coefficient (Wildman–Crippen LogP) is 11.8. The Kier molecular flexibility index (Phi) is 6.73. The molecule has 0 spiro atoms. The topological polar surface area (TPSA) is 43.6 Å². The molecule has 2 heterocycles. The molecule has 0 fully saturated rings. The van der Waals surface area contributed by atoms with Gasteiger partial charge in [0, 0.05) is 44.3 Å². The van der Waals surface area contributed by atoms with Crippen LogP contribution in [0.4, 0.5) is 8.78 Å². The van der Waals surface area contributed by atoms with Crippen molar-refractivity contribution in [3.63, 3.8) is 0 Å². The zero-order valence-corrected chi connectivity index (χ0v) is 27.7. The van der Waals surface area contributed by atoms with Crippen LogP contribution < -0.4 is 0 Å². The van der Waals surface area contributed by atoms with Crippen LogP contribution in [0, 0.1) is 0 Å². The van der Waals surface area contributed by atoms with Crippen molar-refractivity contribution in [2.45, 2.75) is 5.92 Å². The fourth-order valence-electron chi connectivity index (χ4n) is 7.49. The molecule has 2 aromatic heterocycles. The van der Waals surface area contributed by atoms with Crippen LogP contribution >= 0.6 is 0 Å². The van der Waals surface area contributed by atoms with Gasteiger partial charge in [0.1, 0.15) is 0 Å². The summed E-state index contributed by atoms with van der Waals surface area (Å²) in [6.45, 7) is 0. The van der Waals surface area contributed by atoms with Gasteiger partial charge in [0.2, 0.25) is 0 Å². The highest BCUT2D eigenvalue weighted by Gasteiger charge is 2.44. The molecule has 0 unspecified atom stereocenters. The lowest BCUT2D eigenvalue weighted by molar-refractivity contribution is 0.0480. The number of para-hydroxylation sites is 2. The Labute approximate surface area is 298 Å². The van der Waals surface area contributed by atoms with Crippen LogP contribution in [0.25, 0.3) is 83.9 Å². The first-order valence-electron chi connectivity index (χ1n) is 17.2. The summed E-state index contributed by atoms with van der Waals surface area (Å²) in [5.41, 5.74) is 8.38. The molecule has 0 saturated carbocycles. The maximum absolute atomic E-state index is 16.1. The van der Waals surface area contributed by atoms with Gasteiger partial charge in [-0.2, -0.15) is 8.78 Å². The Morgan fingerprint density at radius 3 is 1.48 bits per heavy atom. The normalized spacial score (nSPS) is 13.0. The molecule has 6 heteroatoms. The zero-order valence-electron chi connectivity index (χ0n) is 27.7. The molecule has 9 aromatic rings. The van der Waals surface area contributed by atoms with Crippen LogP contribution in [0.2, 0.25) is 0 Å². The van der Waals surface area contributed by atoms with Crippen LogP contribution in [0.15, 0.2) is 170 Å². The smallest absolute Gasteiger partial charge is 0.299 e. The molecule has 0 saturated heterocycles. The fraction of sp³-hybridized carbons (Fsp3) is 0.0217. The maximum Gasteiger partial charge on any atom is 0.299 e. The van der Waals surface area contributed by atoms with Crippen LogP contribution in [-0.2, 0) is 5.92 Å². The highest BCUT2D eigenvalue weighted by molar-refractivity contribution is 6.10. The van der Waals surface area contributed by atoms with Gasteiger partial charge < -0.3 is 4.57 Å². The van der Waals surface area contributed by atoms with Gasteiger partial charge in [0.25, 0.3) is 5.92 Å². The first kappa shape index (κ1) is 30.1. The van der Waals surface area contributed by atoms with Gasteiger partial charge in [0.15, 0.2) is 17.5 Å². The third-order valence-corrected chi connectivity index (χ3v) is 9.98. The van der Waals surface area contributed by atoms with Gasteiger partial charge in [-0.05, 0) is 64.7 Å². The molecule has 0 amide bonds. The second kappa shape index (κ2) is 11.6. The lowest BCUT2D eigenvalue weighted by atomic mass is 9.96. The van der Waals surface area contributed by atoms with E-state index < -0.39 is 5.92 Å². The third kappa shape index (κ3) is 4.76. The summed E-state index contributed by atoms with van der Waals surface area (Å²) >= 11 is 0. The minimum Gasteiger partial charge on any atom is -0.309 e. The van der Waals surface area contributed by atoms with E-state index in [1.165, 1.54) is 6.07 Å². The maximum atomic E-state index is 16.1. The Hall–Kier alpha value is -6.79. The van der Waals surface area contributed by atoms with E-state index in [1.54, 1.807) is 24.3 Å². The Bertz CT molecular complexity index is 2750. The largest absolute Gasteiger partial charge is 0.309 e. The first-order valence-corrected chi connectivity index (χ1v) is 17.2. The number of hydrogen-bond donors (Lipinski definition) is 0. The zero-order chi connectivity index (χ0) is 34.8. The molecule has 0 N–H and O–H groups in total. The number of halogens is 2. The molecule has 246 valence electrons. The van der Waals surface area contributed by atoms with Crippen LogP contribution in [0.5, 0.6) is 0 Å². The molecule has 0 radical (unpaired) electrons. The van der Waals surface area contributed by atoms with Crippen molar-refractivity contribution >= 4 is 21.8 Å². The average molecular weight is 675 g/mol. The second-order valence-corrected chi connectivity index (χ2v) is 13.1. The lowest BCUT2D eigenvalue weighted by Crippen LogP contribution is -2.10. The summed E-state index contributed by atoms with van der Waals surface area (Å²) in [7, 11) is 0. The molecule has 0 atom stereocenters. The molecule has 0 aliphatic heterocycles. The number of fused-ring (bicyclic) bond motifs is 6. The summed E-state index contributed by atoms with van der Waals surface area (Å²) in [6, 6.07) is 54.8. The third-order valence-electron chi connectivity index (χ3n) is 9.98. The lowest BCUT2D eigenvalue weighted by Gasteiger charge is -2.13. The molecule has 7 aromatic carbocycles.